The SMILES string of the molecule is CCOC(=O)c1nnn(N=Cc2ccc(C)cc2)c1OCC(=O)c1ccccc1. The van der Waals surface area contributed by atoms with Crippen molar-refractivity contribution in [1.29, 1.82) is 0 Å². The van der Waals surface area contributed by atoms with Crippen molar-refractivity contribution >= 4 is 18.0 Å². The number of carbonyl (C=O) groups is 2. The van der Waals surface area contributed by atoms with Gasteiger partial charge in [-0.25, -0.2) is 4.79 Å². The van der Waals surface area contributed by atoms with Crippen molar-refractivity contribution in [3.63, 3.8) is 0 Å². The lowest BCUT2D eigenvalue weighted by atomic mass is 10.1. The predicted molar refractivity (Wildman–Crippen MR) is 106 cm³/mol. The molecule has 3 aromatic rings. The lowest BCUT2D eigenvalue weighted by Crippen LogP contribution is -2.15. The molecule has 0 N–H and O–H groups in total. The second kappa shape index (κ2) is 9.41. The lowest BCUT2D eigenvalue weighted by Gasteiger charge is -2.07. The van der Waals surface area contributed by atoms with Crippen LogP contribution in [0.15, 0.2) is 59.7 Å². The number of rotatable bonds is 8. The number of hydrogen-bond acceptors (Lipinski definition) is 7. The number of hydrogen-bond donors (Lipinski definition) is 0. The van der Waals surface area contributed by atoms with E-state index in [1.807, 2.05) is 37.3 Å². The van der Waals surface area contributed by atoms with Crippen molar-refractivity contribution < 1.29 is 19.1 Å². The molecular weight excluding hydrogens is 372 g/mol. The fraction of sp³-hybridized carbons (Fsp3) is 0.190. The van der Waals surface area contributed by atoms with E-state index >= 15 is 0 Å². The summed E-state index contributed by atoms with van der Waals surface area (Å²) in [5.41, 5.74) is 2.30. The van der Waals surface area contributed by atoms with Gasteiger partial charge in [-0.3, -0.25) is 4.79 Å². The van der Waals surface area contributed by atoms with Crippen molar-refractivity contribution in [2.45, 2.75) is 13.8 Å². The summed E-state index contributed by atoms with van der Waals surface area (Å²) in [7, 11) is 0. The molecule has 0 aliphatic carbocycles. The number of aromatic nitrogens is 3. The average molecular weight is 392 g/mol. The van der Waals surface area contributed by atoms with Gasteiger partial charge in [0.1, 0.15) is 0 Å². The normalized spacial score (nSPS) is 10.8. The van der Waals surface area contributed by atoms with Crippen molar-refractivity contribution in [2.75, 3.05) is 13.2 Å². The fourth-order valence-electron chi connectivity index (χ4n) is 2.41. The zero-order chi connectivity index (χ0) is 20.6. The summed E-state index contributed by atoms with van der Waals surface area (Å²) < 4.78 is 10.6. The minimum Gasteiger partial charge on any atom is -0.466 e. The Kier molecular flexibility index (Phi) is 6.47. The number of carbonyl (C=O) groups excluding carboxylic acids is 2. The summed E-state index contributed by atoms with van der Waals surface area (Å²) in [5, 5.41) is 11.8. The zero-order valence-electron chi connectivity index (χ0n) is 16.1. The van der Waals surface area contributed by atoms with Crippen LogP contribution in [0.25, 0.3) is 0 Å². The van der Waals surface area contributed by atoms with Crippen LogP contribution < -0.4 is 4.74 Å². The van der Waals surface area contributed by atoms with Crippen LogP contribution in [0.4, 0.5) is 0 Å². The lowest BCUT2D eigenvalue weighted by molar-refractivity contribution is 0.0512. The molecule has 2 aromatic carbocycles. The largest absolute Gasteiger partial charge is 0.466 e. The first-order valence-corrected chi connectivity index (χ1v) is 9.03. The Balaban J connectivity index is 1.83. The molecule has 29 heavy (non-hydrogen) atoms. The number of ether oxygens (including phenoxy) is 2. The van der Waals surface area contributed by atoms with Crippen LogP contribution in [0.3, 0.4) is 0 Å². The number of esters is 1. The molecule has 0 aliphatic heterocycles. The van der Waals surface area contributed by atoms with Gasteiger partial charge >= 0.3 is 5.97 Å². The van der Waals surface area contributed by atoms with E-state index in [1.165, 1.54) is 0 Å². The summed E-state index contributed by atoms with van der Waals surface area (Å²) in [6, 6.07) is 16.4. The van der Waals surface area contributed by atoms with E-state index in [4.69, 9.17) is 9.47 Å². The Bertz CT molecular complexity index is 1010. The molecule has 0 radical (unpaired) electrons. The Morgan fingerprint density at radius 3 is 2.52 bits per heavy atom. The average Bonchev–Trinajstić information content (AvgIpc) is 3.15. The molecule has 0 bridgehead atoms. The molecular formula is C21H20N4O4. The minimum atomic E-state index is -0.702. The molecule has 1 aromatic heterocycles. The number of Topliss-reactive ketones (excluding diaryl/α,β-unsaturated/α-hetero) is 1. The Hall–Kier alpha value is -3.81. The molecule has 0 aliphatic rings. The number of benzene rings is 2. The van der Waals surface area contributed by atoms with Crippen molar-refractivity contribution in [3.05, 3.63) is 77.0 Å². The van der Waals surface area contributed by atoms with E-state index in [0.29, 0.717) is 5.56 Å². The Morgan fingerprint density at radius 1 is 1.10 bits per heavy atom. The quantitative estimate of drug-likeness (QED) is 0.332. The van der Waals surface area contributed by atoms with Gasteiger partial charge in [-0.2, -0.15) is 5.10 Å². The molecule has 8 nitrogen and oxygen atoms in total. The second-order valence-electron chi connectivity index (χ2n) is 6.09. The van der Waals surface area contributed by atoms with Crippen LogP contribution in [0.1, 0.15) is 38.9 Å². The third-order valence-corrected chi connectivity index (χ3v) is 3.91. The molecule has 0 saturated carbocycles. The number of aryl methyl sites for hydroxylation is 1. The van der Waals surface area contributed by atoms with Crippen LogP contribution in [0.2, 0.25) is 0 Å². The molecule has 8 heteroatoms. The Morgan fingerprint density at radius 2 is 1.83 bits per heavy atom. The standard InChI is InChI=1S/C21H20N4O4/c1-3-28-21(27)19-20(29-14-18(26)17-7-5-4-6-8-17)25(24-23-19)22-13-16-11-9-15(2)10-12-16/h4-13H,3,14H2,1-2H3. The van der Waals surface area contributed by atoms with E-state index in [-0.39, 0.29) is 30.6 Å². The van der Waals surface area contributed by atoms with E-state index in [0.717, 1.165) is 15.9 Å². The van der Waals surface area contributed by atoms with Gasteiger partial charge < -0.3 is 9.47 Å². The number of nitrogens with zero attached hydrogens (tertiary/aromatic N) is 4. The van der Waals surface area contributed by atoms with Gasteiger partial charge in [-0.1, -0.05) is 65.0 Å². The van der Waals surface area contributed by atoms with Crippen LogP contribution in [-0.4, -0.2) is 46.3 Å². The van der Waals surface area contributed by atoms with Crippen LogP contribution in [0.5, 0.6) is 5.88 Å². The molecule has 0 fully saturated rings. The minimum absolute atomic E-state index is 0.0592. The third-order valence-electron chi connectivity index (χ3n) is 3.91. The first-order valence-electron chi connectivity index (χ1n) is 9.03. The molecule has 0 atom stereocenters. The topological polar surface area (TPSA) is 95.7 Å². The summed E-state index contributed by atoms with van der Waals surface area (Å²) in [5.74, 6) is -1.02. The highest BCUT2D eigenvalue weighted by molar-refractivity contribution is 5.97. The maximum Gasteiger partial charge on any atom is 0.364 e. The summed E-state index contributed by atoms with van der Waals surface area (Å²) in [6.45, 7) is 3.53. The van der Waals surface area contributed by atoms with Crippen molar-refractivity contribution in [2.24, 2.45) is 5.10 Å². The monoisotopic (exact) mass is 392 g/mol. The number of ketones is 1. The smallest absolute Gasteiger partial charge is 0.364 e. The van der Waals surface area contributed by atoms with E-state index in [2.05, 4.69) is 15.4 Å². The fourth-order valence-corrected chi connectivity index (χ4v) is 2.41. The molecule has 0 amide bonds. The summed E-state index contributed by atoms with van der Waals surface area (Å²) in [6.07, 6.45) is 1.55. The van der Waals surface area contributed by atoms with Gasteiger partial charge in [0.2, 0.25) is 5.69 Å². The highest BCUT2D eigenvalue weighted by Crippen LogP contribution is 2.17. The molecule has 0 saturated heterocycles. The molecule has 0 spiro atoms. The predicted octanol–water partition coefficient (Wildman–Crippen LogP) is 2.91. The van der Waals surface area contributed by atoms with E-state index < -0.39 is 5.97 Å². The highest BCUT2D eigenvalue weighted by Gasteiger charge is 2.23. The van der Waals surface area contributed by atoms with Gasteiger partial charge in [-0.15, -0.1) is 5.10 Å². The van der Waals surface area contributed by atoms with E-state index in [9.17, 15) is 9.59 Å². The molecule has 148 valence electrons. The van der Waals surface area contributed by atoms with Gasteiger partial charge in [0.25, 0.3) is 5.88 Å². The van der Waals surface area contributed by atoms with Crippen LogP contribution >= 0.6 is 0 Å². The molecule has 3 rings (SSSR count). The Labute approximate surface area is 167 Å². The van der Waals surface area contributed by atoms with Crippen LogP contribution in [-0.2, 0) is 4.74 Å². The second-order valence-corrected chi connectivity index (χ2v) is 6.09. The van der Waals surface area contributed by atoms with Gasteiger partial charge in [0.05, 0.1) is 12.8 Å². The van der Waals surface area contributed by atoms with Crippen LogP contribution in [0, 0.1) is 6.92 Å². The summed E-state index contributed by atoms with van der Waals surface area (Å²) >= 11 is 0. The first-order chi connectivity index (χ1) is 14.1. The third kappa shape index (κ3) is 5.13. The zero-order valence-corrected chi connectivity index (χ0v) is 16.1. The summed E-state index contributed by atoms with van der Waals surface area (Å²) in [4.78, 5) is 25.5. The van der Waals surface area contributed by atoms with Gasteiger partial charge in [-0.05, 0) is 24.6 Å². The van der Waals surface area contributed by atoms with Gasteiger partial charge in [0.15, 0.2) is 12.4 Å². The maximum absolute atomic E-state index is 12.3. The maximum atomic E-state index is 12.3. The first kappa shape index (κ1) is 19.9. The van der Waals surface area contributed by atoms with Crippen molar-refractivity contribution in [3.8, 4) is 5.88 Å². The van der Waals surface area contributed by atoms with Crippen molar-refractivity contribution in [1.82, 2.24) is 15.1 Å². The van der Waals surface area contributed by atoms with E-state index in [1.54, 1.807) is 37.4 Å². The van der Waals surface area contributed by atoms with Gasteiger partial charge in [0, 0.05) is 5.56 Å². The molecule has 1 heterocycles. The molecule has 0 unspecified atom stereocenters. The highest BCUT2D eigenvalue weighted by atomic mass is 16.5.